The molecule has 0 spiro atoms. The summed E-state index contributed by atoms with van der Waals surface area (Å²) in [6.45, 7) is 2.65. The number of carbonyl (C=O) groups is 1. The summed E-state index contributed by atoms with van der Waals surface area (Å²) in [7, 11) is 0. The maximum absolute atomic E-state index is 11.7. The van der Waals surface area contributed by atoms with Crippen molar-refractivity contribution in [2.75, 3.05) is 12.4 Å². The standard InChI is InChI=1S/C16H17N3O2S/c1-2-21-16(20)14-11-19(18-15(14)10-17)8-9-22-12-13-6-4-3-5-7-13/h3-7,11H,2,8-9,12H2,1H3. The van der Waals surface area contributed by atoms with Crippen LogP contribution in [-0.2, 0) is 17.0 Å². The van der Waals surface area contributed by atoms with Crippen LogP contribution in [-0.4, -0.2) is 28.1 Å². The SMILES string of the molecule is CCOC(=O)c1cn(CCSCc2ccccc2)nc1C#N. The van der Waals surface area contributed by atoms with Gasteiger partial charge in [0.15, 0.2) is 5.69 Å². The van der Waals surface area contributed by atoms with E-state index in [-0.39, 0.29) is 17.9 Å². The van der Waals surface area contributed by atoms with Gasteiger partial charge in [-0.05, 0) is 12.5 Å². The summed E-state index contributed by atoms with van der Waals surface area (Å²) in [6, 6.07) is 12.2. The third-order valence-corrected chi connectivity index (χ3v) is 3.95. The van der Waals surface area contributed by atoms with Crippen LogP contribution in [0.25, 0.3) is 0 Å². The molecule has 0 saturated carbocycles. The van der Waals surface area contributed by atoms with E-state index in [0.717, 1.165) is 11.5 Å². The van der Waals surface area contributed by atoms with Gasteiger partial charge >= 0.3 is 5.97 Å². The molecule has 2 aromatic rings. The van der Waals surface area contributed by atoms with Crippen molar-refractivity contribution in [2.24, 2.45) is 0 Å². The van der Waals surface area contributed by atoms with E-state index in [9.17, 15) is 4.79 Å². The number of carbonyl (C=O) groups excluding carboxylic acids is 1. The number of hydrogen-bond acceptors (Lipinski definition) is 5. The Kier molecular flexibility index (Phi) is 6.04. The van der Waals surface area contributed by atoms with Crippen LogP contribution in [0.3, 0.4) is 0 Å². The van der Waals surface area contributed by atoms with E-state index in [1.807, 2.05) is 24.3 Å². The van der Waals surface area contributed by atoms with Crippen molar-refractivity contribution in [2.45, 2.75) is 19.2 Å². The van der Waals surface area contributed by atoms with Crippen LogP contribution in [0.5, 0.6) is 0 Å². The minimum atomic E-state index is -0.498. The molecule has 6 heteroatoms. The average Bonchev–Trinajstić information content (AvgIpc) is 2.96. The van der Waals surface area contributed by atoms with Crippen molar-refractivity contribution in [1.29, 1.82) is 5.26 Å². The minimum absolute atomic E-state index is 0.117. The molecule has 1 aromatic carbocycles. The summed E-state index contributed by atoms with van der Waals surface area (Å²) in [5.41, 5.74) is 1.63. The number of rotatable bonds is 7. The first-order chi connectivity index (χ1) is 10.7. The van der Waals surface area contributed by atoms with Gasteiger partial charge in [-0.15, -0.1) is 0 Å². The van der Waals surface area contributed by atoms with Crippen molar-refractivity contribution in [3.8, 4) is 6.07 Å². The molecule has 0 radical (unpaired) electrons. The second kappa shape index (κ2) is 8.25. The van der Waals surface area contributed by atoms with Crippen molar-refractivity contribution in [1.82, 2.24) is 9.78 Å². The van der Waals surface area contributed by atoms with Gasteiger partial charge in [0.2, 0.25) is 0 Å². The molecule has 0 N–H and O–H groups in total. The van der Waals surface area contributed by atoms with Gasteiger partial charge in [0.05, 0.1) is 13.2 Å². The third kappa shape index (κ3) is 4.37. The fourth-order valence-electron chi connectivity index (χ4n) is 1.90. The molecule has 0 atom stereocenters. The van der Waals surface area contributed by atoms with Gasteiger partial charge in [0.25, 0.3) is 0 Å². The van der Waals surface area contributed by atoms with Crippen LogP contribution in [0.4, 0.5) is 0 Å². The predicted octanol–water partition coefficient (Wildman–Crippen LogP) is 2.86. The van der Waals surface area contributed by atoms with Crippen molar-refractivity contribution >= 4 is 17.7 Å². The first-order valence-electron chi connectivity index (χ1n) is 7.01. The monoisotopic (exact) mass is 315 g/mol. The molecule has 5 nitrogen and oxygen atoms in total. The molecule has 1 aromatic heterocycles. The number of aromatic nitrogens is 2. The number of hydrogen-bond donors (Lipinski definition) is 0. The normalized spacial score (nSPS) is 10.2. The molecular formula is C16H17N3O2S. The van der Waals surface area contributed by atoms with Crippen LogP contribution in [0.15, 0.2) is 36.5 Å². The van der Waals surface area contributed by atoms with E-state index in [2.05, 4.69) is 17.2 Å². The first kappa shape index (κ1) is 16.1. The minimum Gasteiger partial charge on any atom is -0.462 e. The molecule has 0 bridgehead atoms. The fourth-order valence-corrected chi connectivity index (χ4v) is 2.79. The zero-order valence-corrected chi connectivity index (χ0v) is 13.2. The number of aryl methyl sites for hydroxylation is 1. The number of esters is 1. The van der Waals surface area contributed by atoms with Gasteiger partial charge in [-0.3, -0.25) is 4.68 Å². The highest BCUT2D eigenvalue weighted by molar-refractivity contribution is 7.98. The Bertz CT molecular complexity index is 662. The topological polar surface area (TPSA) is 67.9 Å². The van der Waals surface area contributed by atoms with Gasteiger partial charge < -0.3 is 4.74 Å². The van der Waals surface area contributed by atoms with Gasteiger partial charge in [-0.1, -0.05) is 30.3 Å². The second-order valence-electron chi connectivity index (χ2n) is 4.52. The van der Waals surface area contributed by atoms with Crippen molar-refractivity contribution < 1.29 is 9.53 Å². The summed E-state index contributed by atoms with van der Waals surface area (Å²) < 4.78 is 6.55. The van der Waals surface area contributed by atoms with Crippen molar-refractivity contribution in [3.05, 3.63) is 53.3 Å². The predicted molar refractivity (Wildman–Crippen MR) is 85.5 cm³/mol. The number of thioether (sulfide) groups is 1. The molecule has 0 aliphatic rings. The smallest absolute Gasteiger partial charge is 0.342 e. The van der Waals surface area contributed by atoms with Gasteiger partial charge in [0.1, 0.15) is 11.6 Å². The lowest BCUT2D eigenvalue weighted by Gasteiger charge is -2.02. The summed E-state index contributed by atoms with van der Waals surface area (Å²) in [6.07, 6.45) is 1.58. The largest absolute Gasteiger partial charge is 0.462 e. The second-order valence-corrected chi connectivity index (χ2v) is 5.63. The Balaban J connectivity index is 1.88. The molecule has 22 heavy (non-hydrogen) atoms. The van der Waals surface area contributed by atoms with Gasteiger partial charge in [0, 0.05) is 17.7 Å². The molecule has 2 rings (SSSR count). The molecule has 0 unspecified atom stereocenters. The number of ether oxygens (including phenoxy) is 1. The maximum atomic E-state index is 11.7. The number of nitriles is 1. The number of benzene rings is 1. The Hall–Kier alpha value is -2.26. The Labute approximate surface area is 133 Å². The van der Waals surface area contributed by atoms with E-state index < -0.39 is 5.97 Å². The lowest BCUT2D eigenvalue weighted by molar-refractivity contribution is 0.0526. The maximum Gasteiger partial charge on any atom is 0.342 e. The highest BCUT2D eigenvalue weighted by Crippen LogP contribution is 2.13. The molecular weight excluding hydrogens is 298 g/mol. The molecule has 0 aliphatic carbocycles. The average molecular weight is 315 g/mol. The van der Waals surface area contributed by atoms with Crippen LogP contribution >= 0.6 is 11.8 Å². The zero-order chi connectivity index (χ0) is 15.8. The fraction of sp³-hybridized carbons (Fsp3) is 0.312. The van der Waals surface area contributed by atoms with Crippen LogP contribution in [0.2, 0.25) is 0 Å². The Morgan fingerprint density at radius 2 is 2.18 bits per heavy atom. The first-order valence-corrected chi connectivity index (χ1v) is 8.16. The molecule has 0 fully saturated rings. The van der Waals surface area contributed by atoms with E-state index in [1.54, 1.807) is 29.6 Å². The summed E-state index contributed by atoms with van der Waals surface area (Å²) in [5, 5.41) is 13.1. The van der Waals surface area contributed by atoms with Crippen LogP contribution in [0, 0.1) is 11.3 Å². The third-order valence-electron chi connectivity index (χ3n) is 2.94. The van der Waals surface area contributed by atoms with Crippen LogP contribution in [0.1, 0.15) is 28.5 Å². The van der Waals surface area contributed by atoms with E-state index in [4.69, 9.17) is 10.00 Å². The Morgan fingerprint density at radius 3 is 2.86 bits per heavy atom. The summed E-state index contributed by atoms with van der Waals surface area (Å²) >= 11 is 1.78. The van der Waals surface area contributed by atoms with Crippen molar-refractivity contribution in [3.63, 3.8) is 0 Å². The highest BCUT2D eigenvalue weighted by atomic mass is 32.2. The zero-order valence-electron chi connectivity index (χ0n) is 12.4. The lowest BCUT2D eigenvalue weighted by atomic mass is 10.2. The molecule has 1 heterocycles. The molecule has 114 valence electrons. The quantitative estimate of drug-likeness (QED) is 0.580. The molecule has 0 amide bonds. The summed E-state index contributed by atoms with van der Waals surface area (Å²) in [4.78, 5) is 11.7. The van der Waals surface area contributed by atoms with Gasteiger partial charge in [-0.25, -0.2) is 4.79 Å². The van der Waals surface area contributed by atoms with E-state index in [1.165, 1.54) is 5.56 Å². The van der Waals surface area contributed by atoms with Crippen LogP contribution < -0.4 is 0 Å². The summed E-state index contributed by atoms with van der Waals surface area (Å²) in [5.74, 6) is 1.28. The molecule has 0 aliphatic heterocycles. The lowest BCUT2D eigenvalue weighted by Crippen LogP contribution is -2.05. The number of nitrogens with zero attached hydrogens (tertiary/aromatic N) is 3. The van der Waals surface area contributed by atoms with Gasteiger partial charge in [-0.2, -0.15) is 22.1 Å². The molecule has 0 saturated heterocycles. The van der Waals surface area contributed by atoms with E-state index in [0.29, 0.717) is 6.54 Å². The highest BCUT2D eigenvalue weighted by Gasteiger charge is 2.17. The Morgan fingerprint density at radius 1 is 1.41 bits per heavy atom. The van der Waals surface area contributed by atoms with E-state index >= 15 is 0 Å².